The van der Waals surface area contributed by atoms with Crippen LogP contribution in [0.4, 0.5) is 0 Å². The first kappa shape index (κ1) is 26.4. The van der Waals surface area contributed by atoms with Gasteiger partial charge in [0.15, 0.2) is 11.5 Å². The first-order chi connectivity index (χ1) is 18.5. The maximum absolute atomic E-state index is 12.8. The number of hydrogen-bond acceptors (Lipinski definition) is 6. The first-order valence-corrected chi connectivity index (χ1v) is 12.2. The molecule has 1 amide bonds. The van der Waals surface area contributed by atoms with Crippen LogP contribution in [0.5, 0.6) is 17.2 Å². The van der Waals surface area contributed by atoms with Gasteiger partial charge in [0.1, 0.15) is 12.4 Å². The summed E-state index contributed by atoms with van der Waals surface area (Å²) in [6.07, 6.45) is 1.47. The zero-order valence-electron chi connectivity index (χ0n) is 20.6. The van der Waals surface area contributed by atoms with Crippen molar-refractivity contribution < 1.29 is 23.8 Å². The monoisotopic (exact) mass is 528 g/mol. The highest BCUT2D eigenvalue weighted by atomic mass is 35.5. The van der Waals surface area contributed by atoms with Crippen molar-refractivity contribution >= 4 is 29.7 Å². The third-order valence-electron chi connectivity index (χ3n) is 5.30. The van der Waals surface area contributed by atoms with Gasteiger partial charge in [-0.2, -0.15) is 5.10 Å². The van der Waals surface area contributed by atoms with E-state index in [1.54, 1.807) is 78.9 Å². The van der Waals surface area contributed by atoms with Crippen molar-refractivity contribution in [3.05, 3.63) is 124 Å². The normalized spacial score (nSPS) is 10.7. The lowest BCUT2D eigenvalue weighted by atomic mass is 10.2. The molecule has 0 aliphatic heterocycles. The van der Waals surface area contributed by atoms with Gasteiger partial charge in [0.05, 0.1) is 23.9 Å². The van der Waals surface area contributed by atoms with Crippen LogP contribution < -0.4 is 19.6 Å². The van der Waals surface area contributed by atoms with Crippen LogP contribution in [-0.2, 0) is 6.61 Å². The molecule has 0 spiro atoms. The summed E-state index contributed by atoms with van der Waals surface area (Å²) >= 11 is 5.93. The van der Waals surface area contributed by atoms with Crippen LogP contribution in [0.2, 0.25) is 5.02 Å². The van der Waals surface area contributed by atoms with Crippen molar-refractivity contribution in [1.29, 1.82) is 0 Å². The van der Waals surface area contributed by atoms with Crippen LogP contribution in [0.3, 0.4) is 0 Å². The number of halogens is 1. The third kappa shape index (κ3) is 7.21. The van der Waals surface area contributed by atoms with E-state index < -0.39 is 11.9 Å². The standard InChI is InChI=1S/C30H25ClN2O5/c1-2-36-28-18-22(14-17-27(28)38-30(35)23-8-4-3-5-9-23)19-32-33-29(34)25-10-6-7-11-26(25)37-20-21-12-15-24(31)16-13-21/h3-19H,2,20H2,1H3,(H,33,34). The Bertz CT molecular complexity index is 1420. The van der Waals surface area contributed by atoms with Crippen molar-refractivity contribution in [2.24, 2.45) is 5.10 Å². The van der Waals surface area contributed by atoms with Gasteiger partial charge in [0, 0.05) is 5.02 Å². The number of ether oxygens (including phenoxy) is 3. The molecule has 4 aromatic rings. The lowest BCUT2D eigenvalue weighted by Gasteiger charge is -2.11. The van der Waals surface area contributed by atoms with Crippen molar-refractivity contribution in [1.82, 2.24) is 5.43 Å². The van der Waals surface area contributed by atoms with Crippen LogP contribution in [0.15, 0.2) is 102 Å². The van der Waals surface area contributed by atoms with E-state index in [1.165, 1.54) is 6.21 Å². The lowest BCUT2D eigenvalue weighted by molar-refractivity contribution is 0.0728. The number of benzene rings is 4. The number of rotatable bonds is 10. The summed E-state index contributed by atoms with van der Waals surface area (Å²) in [5.74, 6) is 0.184. The summed E-state index contributed by atoms with van der Waals surface area (Å²) in [6, 6.07) is 27.9. The largest absolute Gasteiger partial charge is 0.490 e. The zero-order valence-corrected chi connectivity index (χ0v) is 21.4. The molecule has 0 saturated carbocycles. The molecule has 0 radical (unpaired) electrons. The molecule has 192 valence electrons. The van der Waals surface area contributed by atoms with Gasteiger partial charge in [-0.1, -0.05) is 54.1 Å². The second-order valence-electron chi connectivity index (χ2n) is 8.01. The maximum Gasteiger partial charge on any atom is 0.343 e. The van der Waals surface area contributed by atoms with E-state index in [2.05, 4.69) is 10.5 Å². The van der Waals surface area contributed by atoms with E-state index in [0.29, 0.717) is 39.8 Å². The molecule has 0 saturated heterocycles. The van der Waals surface area contributed by atoms with Gasteiger partial charge >= 0.3 is 5.97 Å². The molecule has 0 aliphatic carbocycles. The van der Waals surface area contributed by atoms with E-state index >= 15 is 0 Å². The molecule has 4 aromatic carbocycles. The van der Waals surface area contributed by atoms with E-state index in [9.17, 15) is 9.59 Å². The number of hydrazone groups is 1. The molecule has 0 atom stereocenters. The van der Waals surface area contributed by atoms with E-state index in [1.807, 2.05) is 25.1 Å². The summed E-state index contributed by atoms with van der Waals surface area (Å²) in [5.41, 5.74) is 4.86. The maximum atomic E-state index is 12.8. The van der Waals surface area contributed by atoms with Crippen LogP contribution in [0.25, 0.3) is 0 Å². The number of amides is 1. The molecule has 0 unspecified atom stereocenters. The zero-order chi connectivity index (χ0) is 26.7. The van der Waals surface area contributed by atoms with E-state index in [0.717, 1.165) is 5.56 Å². The van der Waals surface area contributed by atoms with Crippen LogP contribution in [0.1, 0.15) is 38.8 Å². The smallest absolute Gasteiger partial charge is 0.343 e. The Morgan fingerprint density at radius 3 is 2.34 bits per heavy atom. The minimum atomic E-state index is -0.489. The number of para-hydroxylation sites is 1. The second kappa shape index (κ2) is 13.1. The predicted molar refractivity (Wildman–Crippen MR) is 146 cm³/mol. The number of nitrogens with zero attached hydrogens (tertiary/aromatic N) is 1. The summed E-state index contributed by atoms with van der Waals surface area (Å²) in [7, 11) is 0. The quantitative estimate of drug-likeness (QED) is 0.113. The molecule has 0 aromatic heterocycles. The average molecular weight is 529 g/mol. The number of nitrogens with one attached hydrogen (secondary N) is 1. The fourth-order valence-corrected chi connectivity index (χ4v) is 3.56. The Balaban J connectivity index is 1.41. The fraction of sp³-hybridized carbons (Fsp3) is 0.100. The molecule has 4 rings (SSSR count). The van der Waals surface area contributed by atoms with Crippen LogP contribution >= 0.6 is 11.6 Å². The molecule has 0 bridgehead atoms. The van der Waals surface area contributed by atoms with Crippen molar-refractivity contribution in [3.8, 4) is 17.2 Å². The minimum Gasteiger partial charge on any atom is -0.490 e. The molecular weight excluding hydrogens is 504 g/mol. The fourth-order valence-electron chi connectivity index (χ4n) is 3.44. The third-order valence-corrected chi connectivity index (χ3v) is 5.55. The Morgan fingerprint density at radius 1 is 0.842 bits per heavy atom. The molecule has 38 heavy (non-hydrogen) atoms. The van der Waals surface area contributed by atoms with E-state index in [-0.39, 0.29) is 12.4 Å². The number of esters is 1. The topological polar surface area (TPSA) is 86.2 Å². The van der Waals surface area contributed by atoms with Crippen LogP contribution in [-0.4, -0.2) is 24.7 Å². The molecule has 7 nitrogen and oxygen atoms in total. The molecule has 1 N–H and O–H groups in total. The van der Waals surface area contributed by atoms with Gasteiger partial charge in [-0.25, -0.2) is 10.2 Å². The Hall–Kier alpha value is -4.62. The van der Waals surface area contributed by atoms with Gasteiger partial charge < -0.3 is 14.2 Å². The van der Waals surface area contributed by atoms with E-state index in [4.69, 9.17) is 25.8 Å². The van der Waals surface area contributed by atoms with Crippen molar-refractivity contribution in [2.45, 2.75) is 13.5 Å². The lowest BCUT2D eigenvalue weighted by Crippen LogP contribution is -2.18. The minimum absolute atomic E-state index is 0.284. The van der Waals surface area contributed by atoms with Crippen molar-refractivity contribution in [2.75, 3.05) is 6.61 Å². The van der Waals surface area contributed by atoms with Gasteiger partial charge in [0.25, 0.3) is 5.91 Å². The van der Waals surface area contributed by atoms with Gasteiger partial charge in [0.2, 0.25) is 0 Å². The highest BCUT2D eigenvalue weighted by Gasteiger charge is 2.14. The molecule has 0 aliphatic rings. The van der Waals surface area contributed by atoms with Gasteiger partial charge in [-0.3, -0.25) is 4.79 Å². The molecular formula is C30H25ClN2O5. The SMILES string of the molecule is CCOc1cc(C=NNC(=O)c2ccccc2OCc2ccc(Cl)cc2)ccc1OC(=O)c1ccccc1. The predicted octanol–water partition coefficient (Wildman–Crippen LogP) is 6.30. The Morgan fingerprint density at radius 2 is 1.58 bits per heavy atom. The molecule has 0 heterocycles. The van der Waals surface area contributed by atoms with Gasteiger partial charge in [-0.05, 0) is 72.6 Å². The highest BCUT2D eigenvalue weighted by molar-refractivity contribution is 6.30. The summed E-state index contributed by atoms with van der Waals surface area (Å²) < 4.78 is 17.0. The van der Waals surface area contributed by atoms with Crippen molar-refractivity contribution in [3.63, 3.8) is 0 Å². The molecule has 8 heteroatoms. The second-order valence-corrected chi connectivity index (χ2v) is 8.44. The van der Waals surface area contributed by atoms with Crippen LogP contribution in [0, 0.1) is 0 Å². The number of carbonyl (C=O) groups is 2. The molecule has 0 fully saturated rings. The Labute approximate surface area is 225 Å². The first-order valence-electron chi connectivity index (χ1n) is 11.9. The average Bonchev–Trinajstić information content (AvgIpc) is 2.94. The summed E-state index contributed by atoms with van der Waals surface area (Å²) in [4.78, 5) is 25.2. The highest BCUT2D eigenvalue weighted by Crippen LogP contribution is 2.29. The summed E-state index contributed by atoms with van der Waals surface area (Å²) in [6.45, 7) is 2.49. The summed E-state index contributed by atoms with van der Waals surface area (Å²) in [5, 5.41) is 4.71. The van der Waals surface area contributed by atoms with Gasteiger partial charge in [-0.15, -0.1) is 0 Å². The number of hydrogen-bond donors (Lipinski definition) is 1. The Kier molecular flexibility index (Phi) is 9.10. The number of carbonyl (C=O) groups excluding carboxylic acids is 2.